The third kappa shape index (κ3) is 5.15. The molecule has 3 aromatic carbocycles. The van der Waals surface area contributed by atoms with Crippen LogP contribution in [0.15, 0.2) is 71.6 Å². The molecule has 0 spiro atoms. The quantitative estimate of drug-likeness (QED) is 0.528. The van der Waals surface area contributed by atoms with Crippen molar-refractivity contribution in [2.75, 3.05) is 21.5 Å². The van der Waals surface area contributed by atoms with E-state index in [1.807, 2.05) is 0 Å². The maximum Gasteiger partial charge on any atom is 0.263 e. The third-order valence-electron chi connectivity index (χ3n) is 5.09. The second kappa shape index (κ2) is 9.21. The number of benzene rings is 3. The monoisotopic (exact) mass is 487 g/mol. The van der Waals surface area contributed by atoms with Crippen molar-refractivity contribution < 1.29 is 22.4 Å². The first kappa shape index (κ1) is 22.8. The SMILES string of the molecule is O=C(Nc1ccc(N2CCCC2=O)cc1)c1ccc(Cl)c(S(=O)(=O)Nc2ccc(F)cc2)c1. The van der Waals surface area contributed by atoms with Gasteiger partial charge in [-0.15, -0.1) is 0 Å². The summed E-state index contributed by atoms with van der Waals surface area (Å²) in [6.07, 6.45) is 1.34. The van der Waals surface area contributed by atoms with Crippen molar-refractivity contribution in [2.45, 2.75) is 17.7 Å². The molecule has 0 aliphatic carbocycles. The van der Waals surface area contributed by atoms with Gasteiger partial charge in [0.15, 0.2) is 0 Å². The van der Waals surface area contributed by atoms with Crippen LogP contribution in [-0.2, 0) is 14.8 Å². The number of anilines is 3. The Hall–Kier alpha value is -3.43. The van der Waals surface area contributed by atoms with Crippen molar-refractivity contribution in [3.8, 4) is 0 Å². The number of carbonyl (C=O) groups is 2. The fraction of sp³-hybridized carbons (Fsp3) is 0.130. The predicted molar refractivity (Wildman–Crippen MR) is 125 cm³/mol. The van der Waals surface area contributed by atoms with Gasteiger partial charge in [-0.25, -0.2) is 12.8 Å². The summed E-state index contributed by atoms with van der Waals surface area (Å²) in [5.74, 6) is -0.972. The molecular weight excluding hydrogens is 469 g/mol. The first-order valence-electron chi connectivity index (χ1n) is 10.0. The van der Waals surface area contributed by atoms with E-state index in [9.17, 15) is 22.4 Å². The molecule has 0 radical (unpaired) electrons. The minimum absolute atomic E-state index is 0.0657. The number of sulfonamides is 1. The summed E-state index contributed by atoms with van der Waals surface area (Å²) < 4.78 is 41.0. The standard InChI is InChI=1S/C23H19ClFN3O4S/c24-20-12-3-15(14-21(20)33(31,32)27-18-6-4-16(25)5-7-18)23(30)26-17-8-10-19(11-9-17)28-13-1-2-22(28)29/h3-12,14,27H,1-2,13H2,(H,26,30). The molecule has 0 bridgehead atoms. The Balaban J connectivity index is 1.51. The smallest absolute Gasteiger partial charge is 0.263 e. The molecule has 1 aliphatic heterocycles. The average molecular weight is 488 g/mol. The lowest BCUT2D eigenvalue weighted by molar-refractivity contribution is -0.117. The highest BCUT2D eigenvalue weighted by Gasteiger charge is 2.22. The van der Waals surface area contributed by atoms with E-state index in [1.54, 1.807) is 29.2 Å². The minimum Gasteiger partial charge on any atom is -0.322 e. The van der Waals surface area contributed by atoms with Crippen LogP contribution in [0.1, 0.15) is 23.2 Å². The van der Waals surface area contributed by atoms with Gasteiger partial charge in [-0.2, -0.15) is 0 Å². The third-order valence-corrected chi connectivity index (χ3v) is 6.95. The van der Waals surface area contributed by atoms with E-state index in [4.69, 9.17) is 11.6 Å². The van der Waals surface area contributed by atoms with Crippen LogP contribution in [0.2, 0.25) is 5.02 Å². The molecule has 2 amide bonds. The van der Waals surface area contributed by atoms with Crippen LogP contribution in [0, 0.1) is 5.82 Å². The highest BCUT2D eigenvalue weighted by molar-refractivity contribution is 7.92. The van der Waals surface area contributed by atoms with Crippen molar-refractivity contribution in [2.24, 2.45) is 0 Å². The second-order valence-electron chi connectivity index (χ2n) is 7.41. The number of rotatable bonds is 6. The van der Waals surface area contributed by atoms with Gasteiger partial charge in [-0.1, -0.05) is 11.6 Å². The van der Waals surface area contributed by atoms with E-state index in [1.165, 1.54) is 30.3 Å². The van der Waals surface area contributed by atoms with Gasteiger partial charge in [0.1, 0.15) is 10.7 Å². The van der Waals surface area contributed by atoms with E-state index in [2.05, 4.69) is 10.0 Å². The summed E-state index contributed by atoms with van der Waals surface area (Å²) in [6, 6.07) is 15.5. The lowest BCUT2D eigenvalue weighted by Gasteiger charge is -2.16. The molecule has 1 aliphatic rings. The van der Waals surface area contributed by atoms with E-state index in [0.29, 0.717) is 18.7 Å². The van der Waals surface area contributed by atoms with E-state index >= 15 is 0 Å². The summed E-state index contributed by atoms with van der Waals surface area (Å²) in [5, 5.41) is 2.63. The molecule has 1 fully saturated rings. The summed E-state index contributed by atoms with van der Waals surface area (Å²) in [5.41, 5.74) is 1.47. The Morgan fingerprint density at radius 1 is 0.970 bits per heavy atom. The Bertz CT molecular complexity index is 1310. The zero-order chi connectivity index (χ0) is 23.6. The number of carbonyl (C=O) groups excluding carboxylic acids is 2. The van der Waals surface area contributed by atoms with Crippen molar-refractivity contribution in [3.63, 3.8) is 0 Å². The summed E-state index contributed by atoms with van der Waals surface area (Å²) in [6.45, 7) is 0.665. The zero-order valence-corrected chi connectivity index (χ0v) is 18.8. The van der Waals surface area contributed by atoms with Gasteiger partial charge in [0.05, 0.1) is 5.02 Å². The van der Waals surface area contributed by atoms with Crippen molar-refractivity contribution >= 4 is 50.5 Å². The molecule has 0 aromatic heterocycles. The lowest BCUT2D eigenvalue weighted by Crippen LogP contribution is -2.23. The maximum atomic E-state index is 13.1. The number of nitrogens with zero attached hydrogens (tertiary/aromatic N) is 1. The number of amides is 2. The van der Waals surface area contributed by atoms with Crippen LogP contribution in [0.5, 0.6) is 0 Å². The van der Waals surface area contributed by atoms with Gasteiger partial charge in [0, 0.05) is 35.6 Å². The van der Waals surface area contributed by atoms with Crippen molar-refractivity contribution in [1.29, 1.82) is 0 Å². The van der Waals surface area contributed by atoms with Crippen LogP contribution in [0.25, 0.3) is 0 Å². The van der Waals surface area contributed by atoms with Crippen LogP contribution in [0.4, 0.5) is 21.5 Å². The first-order valence-corrected chi connectivity index (χ1v) is 11.9. The van der Waals surface area contributed by atoms with E-state index in [-0.39, 0.29) is 27.1 Å². The number of hydrogen-bond donors (Lipinski definition) is 2. The lowest BCUT2D eigenvalue weighted by atomic mass is 10.2. The van der Waals surface area contributed by atoms with Gasteiger partial charge in [-0.3, -0.25) is 14.3 Å². The summed E-state index contributed by atoms with van der Waals surface area (Å²) in [7, 11) is -4.13. The van der Waals surface area contributed by atoms with Crippen LogP contribution in [0.3, 0.4) is 0 Å². The molecular formula is C23H19ClFN3O4S. The minimum atomic E-state index is -4.13. The molecule has 33 heavy (non-hydrogen) atoms. The van der Waals surface area contributed by atoms with Gasteiger partial charge in [0.2, 0.25) is 5.91 Å². The van der Waals surface area contributed by atoms with Crippen molar-refractivity contribution in [1.82, 2.24) is 0 Å². The maximum absolute atomic E-state index is 13.1. The fourth-order valence-corrected chi connectivity index (χ4v) is 5.01. The largest absolute Gasteiger partial charge is 0.322 e. The molecule has 3 aromatic rings. The van der Waals surface area contributed by atoms with Gasteiger partial charge < -0.3 is 10.2 Å². The molecule has 0 unspecified atom stereocenters. The molecule has 0 saturated carbocycles. The highest BCUT2D eigenvalue weighted by Crippen LogP contribution is 2.27. The Morgan fingerprint density at radius 3 is 2.27 bits per heavy atom. The summed E-state index contributed by atoms with van der Waals surface area (Å²) in [4.78, 5) is 26.0. The Kier molecular flexibility index (Phi) is 6.35. The molecule has 1 heterocycles. The first-order chi connectivity index (χ1) is 15.7. The molecule has 7 nitrogen and oxygen atoms in total. The Labute approximate surface area is 195 Å². The molecule has 170 valence electrons. The molecule has 10 heteroatoms. The molecule has 2 N–H and O–H groups in total. The Morgan fingerprint density at radius 2 is 1.64 bits per heavy atom. The molecule has 1 saturated heterocycles. The van der Waals surface area contributed by atoms with Gasteiger partial charge >= 0.3 is 0 Å². The normalized spacial score (nSPS) is 13.8. The van der Waals surface area contributed by atoms with E-state index in [0.717, 1.165) is 24.2 Å². The predicted octanol–water partition coefficient (Wildman–Crippen LogP) is 4.66. The van der Waals surface area contributed by atoms with Gasteiger partial charge in [0.25, 0.3) is 15.9 Å². The van der Waals surface area contributed by atoms with Crippen molar-refractivity contribution in [3.05, 3.63) is 83.1 Å². The van der Waals surface area contributed by atoms with Gasteiger partial charge in [-0.05, 0) is 73.2 Å². The summed E-state index contributed by atoms with van der Waals surface area (Å²) >= 11 is 6.09. The zero-order valence-electron chi connectivity index (χ0n) is 17.2. The molecule has 0 atom stereocenters. The van der Waals surface area contributed by atoms with Crippen LogP contribution in [-0.4, -0.2) is 26.8 Å². The molecule has 4 rings (SSSR count). The number of nitrogens with one attached hydrogen (secondary N) is 2. The number of halogens is 2. The topological polar surface area (TPSA) is 95.6 Å². The van der Waals surface area contributed by atoms with Crippen LogP contribution < -0.4 is 14.9 Å². The van der Waals surface area contributed by atoms with E-state index < -0.39 is 21.7 Å². The highest BCUT2D eigenvalue weighted by atomic mass is 35.5. The fourth-order valence-electron chi connectivity index (χ4n) is 3.43. The number of hydrogen-bond acceptors (Lipinski definition) is 4. The second-order valence-corrected chi connectivity index (χ2v) is 9.47. The van der Waals surface area contributed by atoms with Crippen LogP contribution >= 0.6 is 11.6 Å². The average Bonchev–Trinajstić information content (AvgIpc) is 3.21.